The van der Waals surface area contributed by atoms with Crippen LogP contribution < -0.4 is 5.32 Å². The molecule has 21 heavy (non-hydrogen) atoms. The van der Waals surface area contributed by atoms with Crippen LogP contribution in [0.25, 0.3) is 10.9 Å². The zero-order valence-electron chi connectivity index (χ0n) is 12.2. The molecule has 1 aromatic heterocycles. The van der Waals surface area contributed by atoms with Crippen molar-refractivity contribution >= 4 is 32.5 Å². The topological polar surface area (TPSA) is 24.9 Å². The third-order valence-electron chi connectivity index (χ3n) is 3.43. The molecule has 3 aromatic rings. The number of aromatic nitrogens is 1. The van der Waals surface area contributed by atoms with Crippen LogP contribution in [0.3, 0.4) is 0 Å². The summed E-state index contributed by atoms with van der Waals surface area (Å²) >= 11 is 3.53. The summed E-state index contributed by atoms with van der Waals surface area (Å²) in [5.74, 6) is 0. The summed E-state index contributed by atoms with van der Waals surface area (Å²) in [5.41, 5.74) is 5.73. The Morgan fingerprint density at radius 2 is 1.86 bits per heavy atom. The second kappa shape index (κ2) is 5.86. The molecule has 0 aliphatic carbocycles. The molecule has 0 bridgehead atoms. The van der Waals surface area contributed by atoms with Gasteiger partial charge in [0.1, 0.15) is 0 Å². The predicted octanol–water partition coefficient (Wildman–Crippen LogP) is 5.23. The Balaban J connectivity index is 1.80. The lowest BCUT2D eigenvalue weighted by molar-refractivity contribution is 1.15. The smallest absolute Gasteiger partial charge is 0.0705 e. The number of nitrogens with one attached hydrogen (secondary N) is 1. The van der Waals surface area contributed by atoms with Gasteiger partial charge in [0.05, 0.1) is 5.52 Å². The summed E-state index contributed by atoms with van der Waals surface area (Å²) in [6.45, 7) is 4.92. The fourth-order valence-electron chi connectivity index (χ4n) is 2.43. The third kappa shape index (κ3) is 3.42. The Kier molecular flexibility index (Phi) is 3.93. The van der Waals surface area contributed by atoms with E-state index < -0.39 is 0 Å². The molecule has 106 valence electrons. The highest BCUT2D eigenvalue weighted by Gasteiger charge is 2.00. The van der Waals surface area contributed by atoms with Crippen LogP contribution in [0.15, 0.2) is 53.0 Å². The second-order valence-corrected chi connectivity index (χ2v) is 6.27. The zero-order valence-corrected chi connectivity index (χ0v) is 13.7. The molecule has 0 fully saturated rings. The van der Waals surface area contributed by atoms with Crippen LogP contribution in [0.1, 0.15) is 16.8 Å². The number of anilines is 1. The Bertz CT molecular complexity index is 776. The van der Waals surface area contributed by atoms with Crippen LogP contribution in [0.2, 0.25) is 0 Å². The minimum Gasteiger partial charge on any atom is -0.381 e. The number of fused-ring (bicyclic) bond motifs is 1. The van der Waals surface area contributed by atoms with Crippen molar-refractivity contribution in [2.24, 2.45) is 0 Å². The SMILES string of the molecule is Cc1cc(Br)cc(NCc2ccc3nc(C)ccc3c2)c1. The van der Waals surface area contributed by atoms with Gasteiger partial charge in [-0.3, -0.25) is 4.98 Å². The van der Waals surface area contributed by atoms with Gasteiger partial charge in [-0.25, -0.2) is 0 Å². The molecule has 0 aliphatic heterocycles. The summed E-state index contributed by atoms with van der Waals surface area (Å²) in [7, 11) is 0. The first kappa shape index (κ1) is 14.1. The quantitative estimate of drug-likeness (QED) is 0.706. The molecule has 0 saturated heterocycles. The van der Waals surface area contributed by atoms with Gasteiger partial charge in [-0.15, -0.1) is 0 Å². The molecule has 2 aromatic carbocycles. The Morgan fingerprint density at radius 3 is 2.67 bits per heavy atom. The lowest BCUT2D eigenvalue weighted by Crippen LogP contribution is -2.00. The Morgan fingerprint density at radius 1 is 1.00 bits per heavy atom. The summed E-state index contributed by atoms with van der Waals surface area (Å²) in [6, 6.07) is 16.9. The summed E-state index contributed by atoms with van der Waals surface area (Å²) in [4.78, 5) is 4.53. The van der Waals surface area contributed by atoms with Gasteiger partial charge < -0.3 is 5.32 Å². The molecule has 0 radical (unpaired) electrons. The van der Waals surface area contributed by atoms with Crippen LogP contribution in [-0.4, -0.2) is 4.98 Å². The molecule has 0 atom stereocenters. The fourth-order valence-corrected chi connectivity index (χ4v) is 3.04. The van der Waals surface area contributed by atoms with E-state index in [0.717, 1.165) is 27.9 Å². The van der Waals surface area contributed by atoms with Crippen LogP contribution >= 0.6 is 15.9 Å². The van der Waals surface area contributed by atoms with E-state index in [-0.39, 0.29) is 0 Å². The number of hydrogen-bond donors (Lipinski definition) is 1. The minimum absolute atomic E-state index is 0.805. The molecule has 1 N–H and O–H groups in total. The molecule has 2 nitrogen and oxygen atoms in total. The highest BCUT2D eigenvalue weighted by atomic mass is 79.9. The lowest BCUT2D eigenvalue weighted by atomic mass is 10.1. The van der Waals surface area contributed by atoms with Crippen LogP contribution in [-0.2, 0) is 6.54 Å². The molecule has 3 heteroatoms. The van der Waals surface area contributed by atoms with Crippen LogP contribution in [0, 0.1) is 13.8 Å². The van der Waals surface area contributed by atoms with Crippen molar-refractivity contribution in [3.05, 3.63) is 69.8 Å². The van der Waals surface area contributed by atoms with Crippen molar-refractivity contribution in [3.63, 3.8) is 0 Å². The fraction of sp³-hybridized carbons (Fsp3) is 0.167. The minimum atomic E-state index is 0.805. The van der Waals surface area contributed by atoms with Gasteiger partial charge in [0.2, 0.25) is 0 Å². The number of rotatable bonds is 3. The van der Waals surface area contributed by atoms with Gasteiger partial charge in [0, 0.05) is 27.8 Å². The van der Waals surface area contributed by atoms with Crippen molar-refractivity contribution in [3.8, 4) is 0 Å². The Labute approximate surface area is 133 Å². The second-order valence-electron chi connectivity index (χ2n) is 5.35. The molecule has 0 amide bonds. The number of aryl methyl sites for hydroxylation is 2. The summed E-state index contributed by atoms with van der Waals surface area (Å²) in [5, 5.41) is 4.65. The Hall–Kier alpha value is -1.87. The summed E-state index contributed by atoms with van der Waals surface area (Å²) in [6.07, 6.45) is 0. The van der Waals surface area contributed by atoms with E-state index in [2.05, 4.69) is 81.7 Å². The van der Waals surface area contributed by atoms with E-state index in [1.807, 2.05) is 6.92 Å². The van der Waals surface area contributed by atoms with Crippen molar-refractivity contribution in [1.29, 1.82) is 0 Å². The number of hydrogen-bond acceptors (Lipinski definition) is 2. The molecular weight excluding hydrogens is 324 g/mol. The van der Waals surface area contributed by atoms with E-state index in [4.69, 9.17) is 0 Å². The highest BCUT2D eigenvalue weighted by molar-refractivity contribution is 9.10. The van der Waals surface area contributed by atoms with Crippen molar-refractivity contribution in [2.75, 3.05) is 5.32 Å². The van der Waals surface area contributed by atoms with Crippen molar-refractivity contribution < 1.29 is 0 Å². The third-order valence-corrected chi connectivity index (χ3v) is 3.89. The first-order valence-corrected chi connectivity index (χ1v) is 7.77. The average molecular weight is 341 g/mol. The van der Waals surface area contributed by atoms with Gasteiger partial charge in [0.25, 0.3) is 0 Å². The molecule has 1 heterocycles. The molecule has 3 rings (SSSR count). The monoisotopic (exact) mass is 340 g/mol. The maximum atomic E-state index is 4.53. The number of benzene rings is 2. The van der Waals surface area contributed by atoms with Crippen molar-refractivity contribution in [2.45, 2.75) is 20.4 Å². The first-order chi connectivity index (χ1) is 10.1. The zero-order chi connectivity index (χ0) is 14.8. The molecular formula is C18H17BrN2. The standard InChI is InChI=1S/C18H17BrN2/c1-12-7-16(19)10-17(8-12)20-11-14-4-6-18-15(9-14)5-3-13(2)21-18/h3-10,20H,11H2,1-2H3. The van der Waals surface area contributed by atoms with E-state index in [9.17, 15) is 0 Å². The van der Waals surface area contributed by atoms with Gasteiger partial charge >= 0.3 is 0 Å². The molecule has 0 spiro atoms. The number of halogens is 1. The average Bonchev–Trinajstić information content (AvgIpc) is 2.44. The lowest BCUT2D eigenvalue weighted by Gasteiger charge is -2.09. The van der Waals surface area contributed by atoms with Gasteiger partial charge in [-0.1, -0.05) is 28.1 Å². The van der Waals surface area contributed by atoms with E-state index >= 15 is 0 Å². The highest BCUT2D eigenvalue weighted by Crippen LogP contribution is 2.20. The molecule has 0 unspecified atom stereocenters. The number of pyridine rings is 1. The number of nitrogens with zero attached hydrogens (tertiary/aromatic N) is 1. The van der Waals surface area contributed by atoms with E-state index in [0.29, 0.717) is 0 Å². The first-order valence-electron chi connectivity index (χ1n) is 6.97. The summed E-state index contributed by atoms with van der Waals surface area (Å²) < 4.78 is 1.10. The molecule has 0 saturated carbocycles. The van der Waals surface area contributed by atoms with Crippen LogP contribution in [0.4, 0.5) is 5.69 Å². The van der Waals surface area contributed by atoms with Crippen molar-refractivity contribution in [1.82, 2.24) is 4.98 Å². The largest absolute Gasteiger partial charge is 0.381 e. The predicted molar refractivity (Wildman–Crippen MR) is 92.7 cm³/mol. The van der Waals surface area contributed by atoms with E-state index in [1.54, 1.807) is 0 Å². The van der Waals surface area contributed by atoms with Gasteiger partial charge in [0.15, 0.2) is 0 Å². The molecule has 0 aliphatic rings. The van der Waals surface area contributed by atoms with Gasteiger partial charge in [-0.05, 0) is 61.4 Å². The maximum absolute atomic E-state index is 4.53. The maximum Gasteiger partial charge on any atom is 0.0705 e. The normalized spacial score (nSPS) is 10.8. The van der Waals surface area contributed by atoms with Gasteiger partial charge in [-0.2, -0.15) is 0 Å². The van der Waals surface area contributed by atoms with E-state index in [1.165, 1.54) is 16.5 Å². The van der Waals surface area contributed by atoms with Crippen LogP contribution in [0.5, 0.6) is 0 Å².